The largest absolute Gasteiger partial charge is 0.398 e. The fourth-order valence-electron chi connectivity index (χ4n) is 2.31. The topological polar surface area (TPSA) is 59.2 Å². The molecular weight excluding hydrogens is 262 g/mol. The minimum absolute atomic E-state index is 0.0147. The van der Waals surface area contributed by atoms with E-state index in [1.807, 2.05) is 37.3 Å². The number of carbonyl (C=O) groups excluding carboxylic acids is 1. The highest BCUT2D eigenvalue weighted by Gasteiger charge is 2.11. The number of ketones is 1. The van der Waals surface area contributed by atoms with Crippen LogP contribution >= 0.6 is 0 Å². The van der Waals surface area contributed by atoms with E-state index >= 15 is 0 Å². The predicted molar refractivity (Wildman–Crippen MR) is 86.6 cm³/mol. The summed E-state index contributed by atoms with van der Waals surface area (Å²) in [6.45, 7) is 7.14. The lowest BCUT2D eigenvalue weighted by atomic mass is 10.1. The van der Waals surface area contributed by atoms with Gasteiger partial charge in [0.15, 0.2) is 5.78 Å². The Hall–Kier alpha value is -2.36. The average molecular weight is 283 g/mol. The van der Waals surface area contributed by atoms with E-state index in [-0.39, 0.29) is 5.78 Å². The highest BCUT2D eigenvalue weighted by Crippen LogP contribution is 2.23. The number of anilines is 2. The molecule has 1 heterocycles. The van der Waals surface area contributed by atoms with Crippen LogP contribution in [-0.2, 0) is 6.54 Å². The van der Waals surface area contributed by atoms with Crippen LogP contribution in [0, 0.1) is 6.92 Å². The van der Waals surface area contributed by atoms with Crippen molar-refractivity contribution in [3.05, 3.63) is 53.3 Å². The number of pyridine rings is 1. The van der Waals surface area contributed by atoms with Crippen LogP contribution in [0.15, 0.2) is 36.4 Å². The first kappa shape index (κ1) is 15.0. The molecule has 0 amide bonds. The molecule has 0 aliphatic rings. The summed E-state index contributed by atoms with van der Waals surface area (Å²) in [6.07, 6.45) is 0. The first-order valence-electron chi connectivity index (χ1n) is 7.09. The van der Waals surface area contributed by atoms with E-state index in [1.54, 1.807) is 6.07 Å². The third-order valence-corrected chi connectivity index (χ3v) is 3.46. The van der Waals surface area contributed by atoms with Crippen molar-refractivity contribution in [1.29, 1.82) is 0 Å². The van der Waals surface area contributed by atoms with E-state index in [9.17, 15) is 4.79 Å². The molecule has 0 spiro atoms. The summed E-state index contributed by atoms with van der Waals surface area (Å²) in [5.74, 6) is -0.0147. The van der Waals surface area contributed by atoms with Crippen LogP contribution in [0.1, 0.15) is 35.6 Å². The minimum Gasteiger partial charge on any atom is -0.398 e. The average Bonchev–Trinajstić information content (AvgIpc) is 2.45. The number of Topliss-reactive ketones (excluding diaryl/α,β-unsaturated/α-hetero) is 1. The number of nitrogen functional groups attached to an aromatic ring is 1. The third-order valence-electron chi connectivity index (χ3n) is 3.46. The second-order valence-corrected chi connectivity index (χ2v) is 5.11. The highest BCUT2D eigenvalue weighted by atomic mass is 16.1. The number of carbonyl (C=O) groups is 1. The van der Waals surface area contributed by atoms with Crippen molar-refractivity contribution in [3.8, 4) is 0 Å². The second-order valence-electron chi connectivity index (χ2n) is 5.11. The van der Waals surface area contributed by atoms with Crippen molar-refractivity contribution in [1.82, 2.24) is 4.98 Å². The number of aryl methyl sites for hydroxylation is 1. The Kier molecular flexibility index (Phi) is 4.58. The van der Waals surface area contributed by atoms with Crippen LogP contribution < -0.4 is 10.6 Å². The predicted octanol–water partition coefficient (Wildman–Crippen LogP) is 3.20. The second kappa shape index (κ2) is 6.39. The summed E-state index contributed by atoms with van der Waals surface area (Å²) in [5.41, 5.74) is 9.95. The molecule has 0 aliphatic carbocycles. The van der Waals surface area contributed by atoms with Crippen molar-refractivity contribution < 1.29 is 4.79 Å². The summed E-state index contributed by atoms with van der Waals surface area (Å²) in [7, 11) is 0. The summed E-state index contributed by atoms with van der Waals surface area (Å²) in [6, 6.07) is 11.6. The normalized spacial score (nSPS) is 10.4. The van der Waals surface area contributed by atoms with Gasteiger partial charge in [-0.3, -0.25) is 9.78 Å². The maximum absolute atomic E-state index is 11.6. The highest BCUT2D eigenvalue weighted by molar-refractivity contribution is 6.00. The van der Waals surface area contributed by atoms with Crippen LogP contribution in [0.3, 0.4) is 0 Å². The molecule has 0 unspecified atom stereocenters. The molecule has 1 aromatic heterocycles. The lowest BCUT2D eigenvalue weighted by Crippen LogP contribution is -2.23. The lowest BCUT2D eigenvalue weighted by Gasteiger charge is -2.23. The van der Waals surface area contributed by atoms with Crippen molar-refractivity contribution in [3.63, 3.8) is 0 Å². The Morgan fingerprint density at radius 3 is 2.67 bits per heavy atom. The molecule has 0 aliphatic heterocycles. The monoisotopic (exact) mass is 283 g/mol. The molecule has 4 heteroatoms. The van der Waals surface area contributed by atoms with Gasteiger partial charge < -0.3 is 10.6 Å². The standard InChI is InChI=1S/C17H21N3O/c1-4-20(11-14-7-5-6-12(2)19-14)15-8-9-17(18)16(10-15)13(3)21/h5-10H,4,11,18H2,1-3H3. The van der Waals surface area contributed by atoms with Crippen LogP contribution in [0.5, 0.6) is 0 Å². The number of hydrogen-bond donors (Lipinski definition) is 1. The number of nitrogens with zero attached hydrogens (tertiary/aromatic N) is 2. The van der Waals surface area contributed by atoms with E-state index < -0.39 is 0 Å². The number of hydrogen-bond acceptors (Lipinski definition) is 4. The molecule has 0 bridgehead atoms. The van der Waals surface area contributed by atoms with Crippen LogP contribution in [-0.4, -0.2) is 17.3 Å². The fraction of sp³-hybridized carbons (Fsp3) is 0.294. The number of rotatable bonds is 5. The van der Waals surface area contributed by atoms with Crippen LogP contribution in [0.2, 0.25) is 0 Å². The van der Waals surface area contributed by atoms with Crippen LogP contribution in [0.4, 0.5) is 11.4 Å². The van der Waals surface area contributed by atoms with Gasteiger partial charge in [-0.15, -0.1) is 0 Å². The van der Waals surface area contributed by atoms with Crippen molar-refractivity contribution in [2.75, 3.05) is 17.2 Å². The van der Waals surface area contributed by atoms with Gasteiger partial charge in [-0.25, -0.2) is 0 Å². The molecule has 0 saturated heterocycles. The maximum atomic E-state index is 11.6. The zero-order chi connectivity index (χ0) is 15.4. The molecule has 4 nitrogen and oxygen atoms in total. The van der Waals surface area contributed by atoms with Gasteiger partial charge in [-0.2, -0.15) is 0 Å². The van der Waals surface area contributed by atoms with Crippen molar-refractivity contribution in [2.45, 2.75) is 27.3 Å². The third kappa shape index (κ3) is 3.60. The van der Waals surface area contributed by atoms with Gasteiger partial charge in [0.1, 0.15) is 0 Å². The summed E-state index contributed by atoms with van der Waals surface area (Å²) >= 11 is 0. The first-order chi connectivity index (χ1) is 10.0. The van der Waals surface area contributed by atoms with Gasteiger partial charge in [0, 0.05) is 29.2 Å². The molecule has 0 atom stereocenters. The van der Waals surface area contributed by atoms with E-state index in [1.165, 1.54) is 6.92 Å². The SMILES string of the molecule is CCN(Cc1cccc(C)n1)c1ccc(N)c(C(C)=O)c1. The molecule has 1 aromatic carbocycles. The van der Waals surface area contributed by atoms with Gasteiger partial charge in [0.05, 0.1) is 12.2 Å². The Balaban J connectivity index is 2.29. The summed E-state index contributed by atoms with van der Waals surface area (Å²) in [4.78, 5) is 18.3. The fourth-order valence-corrected chi connectivity index (χ4v) is 2.31. The van der Waals surface area contributed by atoms with Crippen molar-refractivity contribution >= 4 is 17.2 Å². The van der Waals surface area contributed by atoms with E-state index in [4.69, 9.17) is 5.73 Å². The van der Waals surface area contributed by atoms with Gasteiger partial charge in [0.25, 0.3) is 0 Å². The summed E-state index contributed by atoms with van der Waals surface area (Å²) < 4.78 is 0. The van der Waals surface area contributed by atoms with E-state index in [0.29, 0.717) is 17.8 Å². The number of aromatic nitrogens is 1. The smallest absolute Gasteiger partial charge is 0.161 e. The molecule has 21 heavy (non-hydrogen) atoms. The minimum atomic E-state index is -0.0147. The Morgan fingerprint density at radius 2 is 2.05 bits per heavy atom. The van der Waals surface area contributed by atoms with Gasteiger partial charge in [-0.1, -0.05) is 6.07 Å². The Morgan fingerprint density at radius 1 is 1.29 bits per heavy atom. The van der Waals surface area contributed by atoms with Crippen LogP contribution in [0.25, 0.3) is 0 Å². The Bertz CT molecular complexity index is 652. The quantitative estimate of drug-likeness (QED) is 0.676. The molecule has 2 aromatic rings. The molecule has 0 saturated carbocycles. The van der Waals surface area contributed by atoms with Gasteiger partial charge in [0.2, 0.25) is 0 Å². The molecule has 110 valence electrons. The Labute approximate surface area is 125 Å². The number of nitrogens with two attached hydrogens (primary N) is 1. The van der Waals surface area contributed by atoms with E-state index in [2.05, 4.69) is 16.8 Å². The van der Waals surface area contributed by atoms with Gasteiger partial charge >= 0.3 is 0 Å². The molecular formula is C17H21N3O. The molecule has 0 radical (unpaired) electrons. The zero-order valence-corrected chi connectivity index (χ0v) is 12.8. The molecule has 2 N–H and O–H groups in total. The van der Waals surface area contributed by atoms with E-state index in [0.717, 1.165) is 23.6 Å². The summed E-state index contributed by atoms with van der Waals surface area (Å²) in [5, 5.41) is 0. The maximum Gasteiger partial charge on any atom is 0.161 e. The first-order valence-corrected chi connectivity index (χ1v) is 7.09. The molecule has 0 fully saturated rings. The zero-order valence-electron chi connectivity index (χ0n) is 12.8. The van der Waals surface area contributed by atoms with Gasteiger partial charge in [-0.05, 0) is 51.1 Å². The lowest BCUT2D eigenvalue weighted by molar-refractivity contribution is 0.101. The van der Waals surface area contributed by atoms with Crippen molar-refractivity contribution in [2.24, 2.45) is 0 Å². The molecule has 2 rings (SSSR count). The number of benzene rings is 1.